The zero-order chi connectivity index (χ0) is 38.4. The van der Waals surface area contributed by atoms with E-state index in [-0.39, 0.29) is 87.4 Å². The summed E-state index contributed by atoms with van der Waals surface area (Å²) >= 11 is 0. The highest BCUT2D eigenvalue weighted by molar-refractivity contribution is 6.26. The van der Waals surface area contributed by atoms with Gasteiger partial charge in [0, 0.05) is 10.8 Å². The van der Waals surface area contributed by atoms with Crippen molar-refractivity contribution in [2.24, 2.45) is 0 Å². The number of hydrogen-bond acceptors (Lipinski definition) is 1. The highest BCUT2D eigenvalue weighted by Crippen LogP contribution is 2.48. The largest absolute Gasteiger partial charge is 0.456 e. The first-order valence-corrected chi connectivity index (χ1v) is 14.6. The molecule has 1 aromatic heterocycles. The molecule has 9 aromatic rings. The minimum atomic E-state index is -0.408. The first-order valence-electron chi connectivity index (χ1n) is 19.6. The van der Waals surface area contributed by atoms with Crippen LogP contribution in [0.4, 0.5) is 0 Å². The summed E-state index contributed by atoms with van der Waals surface area (Å²) in [4.78, 5) is 0. The van der Waals surface area contributed by atoms with Crippen molar-refractivity contribution in [2.45, 2.75) is 0 Å². The summed E-state index contributed by atoms with van der Waals surface area (Å²) in [5.74, 6) is 0. The molecule has 0 aliphatic rings. The number of hydrogen-bond donors (Lipinski definition) is 0. The number of benzene rings is 8. The van der Waals surface area contributed by atoms with Crippen LogP contribution < -0.4 is 0 Å². The summed E-state index contributed by atoms with van der Waals surface area (Å²) in [6, 6.07) is 30.0. The third-order valence-electron chi connectivity index (χ3n) is 8.32. The smallest absolute Gasteiger partial charge is 0.136 e. The standard InChI is InChI=1S/C44H28O/c1-3-14-29(15-4-1)31-26-27-40-39(28-31)44-38(24-13-25-41(44)45-40)43-36-22-11-9-20-34(36)42(35-21-10-12-23-37(35)43)33-19-8-7-18-32(33)30-16-5-2-6-17-30/h1-28H/i7D,8D,13D,18D,19D,24D,25D,26D,27D,28D. The predicted octanol–water partition coefficient (Wildman–Crippen LogP) is 12.6. The summed E-state index contributed by atoms with van der Waals surface area (Å²) in [6.07, 6.45) is 0. The van der Waals surface area contributed by atoms with Crippen LogP contribution in [0.25, 0.3) is 88.0 Å². The van der Waals surface area contributed by atoms with Gasteiger partial charge in [-0.3, -0.25) is 0 Å². The fraction of sp³-hybridized carbons (Fsp3) is 0. The van der Waals surface area contributed by atoms with Gasteiger partial charge in [-0.2, -0.15) is 0 Å². The maximum atomic E-state index is 9.52. The average Bonchev–Trinajstić information content (AvgIpc) is 3.61. The monoisotopic (exact) mass is 582 g/mol. The molecule has 0 aliphatic carbocycles. The second kappa shape index (κ2) is 10.4. The van der Waals surface area contributed by atoms with E-state index in [1.165, 1.54) is 0 Å². The molecule has 0 radical (unpaired) electrons. The SMILES string of the molecule is [2H]c1c([2H])c([2H])c(-c2c3ccccc3c(-c3c([2H])c([2H])c([2H])c4oc5c([2H])c([2H])c(-c6ccccc6)c([2H])c5c34)c3ccccc23)c(-c2ccccc2)c1[2H]. The first-order chi connectivity index (χ1) is 26.5. The molecule has 0 saturated carbocycles. The maximum Gasteiger partial charge on any atom is 0.136 e. The van der Waals surface area contributed by atoms with E-state index in [2.05, 4.69) is 0 Å². The Labute approximate surface area is 275 Å². The molecule has 0 aliphatic heterocycles. The minimum Gasteiger partial charge on any atom is -0.456 e. The topological polar surface area (TPSA) is 13.1 Å². The van der Waals surface area contributed by atoms with E-state index in [1.807, 2.05) is 84.9 Å². The van der Waals surface area contributed by atoms with Crippen molar-refractivity contribution < 1.29 is 18.1 Å². The normalized spacial score (nSPS) is 14.7. The van der Waals surface area contributed by atoms with Crippen molar-refractivity contribution in [2.75, 3.05) is 0 Å². The quantitative estimate of drug-likeness (QED) is 0.188. The zero-order valence-electron chi connectivity index (χ0n) is 33.8. The third kappa shape index (κ3) is 4.09. The molecule has 1 heterocycles. The molecule has 0 unspecified atom stereocenters. The molecule has 1 heteroatoms. The van der Waals surface area contributed by atoms with Crippen LogP contribution in [-0.2, 0) is 0 Å². The van der Waals surface area contributed by atoms with Crippen LogP contribution in [-0.4, -0.2) is 0 Å². The Morgan fingerprint density at radius 2 is 0.911 bits per heavy atom. The van der Waals surface area contributed by atoms with Gasteiger partial charge in [0.15, 0.2) is 0 Å². The van der Waals surface area contributed by atoms with Crippen molar-refractivity contribution in [3.63, 3.8) is 0 Å². The van der Waals surface area contributed by atoms with Gasteiger partial charge in [-0.15, -0.1) is 0 Å². The minimum absolute atomic E-state index is 0.0709. The summed E-state index contributed by atoms with van der Waals surface area (Å²) in [5.41, 5.74) is 3.16. The number of fused-ring (bicyclic) bond motifs is 5. The first kappa shape index (κ1) is 17.4. The Hall–Kier alpha value is -5.92. The van der Waals surface area contributed by atoms with Crippen molar-refractivity contribution >= 4 is 43.5 Å². The van der Waals surface area contributed by atoms with E-state index >= 15 is 0 Å². The average molecular weight is 583 g/mol. The van der Waals surface area contributed by atoms with E-state index in [0.717, 1.165) is 0 Å². The lowest BCUT2D eigenvalue weighted by Crippen LogP contribution is -1.93. The van der Waals surface area contributed by atoms with Gasteiger partial charge in [0.2, 0.25) is 0 Å². The molecule has 0 saturated heterocycles. The molecule has 0 N–H and O–H groups in total. The van der Waals surface area contributed by atoms with Gasteiger partial charge in [-0.1, -0.05) is 151 Å². The Bertz CT molecular complexity index is 3030. The van der Waals surface area contributed by atoms with Crippen LogP contribution in [0, 0.1) is 0 Å². The van der Waals surface area contributed by atoms with Gasteiger partial charge < -0.3 is 4.42 Å². The van der Waals surface area contributed by atoms with Crippen LogP contribution in [0.5, 0.6) is 0 Å². The molecule has 9 rings (SSSR count). The lowest BCUT2D eigenvalue weighted by molar-refractivity contribution is 0.669. The lowest BCUT2D eigenvalue weighted by atomic mass is 9.83. The summed E-state index contributed by atoms with van der Waals surface area (Å²) in [5, 5.41) is 2.81. The van der Waals surface area contributed by atoms with E-state index < -0.39 is 6.04 Å². The molecular weight excluding hydrogens is 544 g/mol. The van der Waals surface area contributed by atoms with Gasteiger partial charge in [0.25, 0.3) is 0 Å². The van der Waals surface area contributed by atoms with Crippen LogP contribution in [0.3, 0.4) is 0 Å². The van der Waals surface area contributed by atoms with Crippen LogP contribution in [0.2, 0.25) is 0 Å². The molecule has 45 heavy (non-hydrogen) atoms. The molecule has 0 atom stereocenters. The molecular formula is C44H28O. The van der Waals surface area contributed by atoms with Crippen LogP contribution in [0.15, 0.2) is 174 Å². The molecule has 0 spiro atoms. The Balaban J connectivity index is 1.51. The van der Waals surface area contributed by atoms with Crippen molar-refractivity contribution in [3.05, 3.63) is 170 Å². The van der Waals surface area contributed by atoms with Gasteiger partial charge in [-0.25, -0.2) is 0 Å². The highest BCUT2D eigenvalue weighted by Gasteiger charge is 2.21. The second-order valence-corrected chi connectivity index (χ2v) is 10.8. The maximum absolute atomic E-state index is 9.52. The Morgan fingerprint density at radius 3 is 1.56 bits per heavy atom. The van der Waals surface area contributed by atoms with Crippen LogP contribution >= 0.6 is 0 Å². The molecule has 210 valence electrons. The van der Waals surface area contributed by atoms with Crippen molar-refractivity contribution in [3.8, 4) is 44.5 Å². The molecule has 0 bridgehead atoms. The highest BCUT2D eigenvalue weighted by atomic mass is 16.3. The van der Waals surface area contributed by atoms with Gasteiger partial charge in [0.1, 0.15) is 11.2 Å². The van der Waals surface area contributed by atoms with Crippen LogP contribution in [0.1, 0.15) is 13.7 Å². The molecule has 0 amide bonds. The summed E-state index contributed by atoms with van der Waals surface area (Å²) in [6.45, 7) is 0. The van der Waals surface area contributed by atoms with Crippen molar-refractivity contribution in [1.29, 1.82) is 0 Å². The van der Waals surface area contributed by atoms with Gasteiger partial charge >= 0.3 is 0 Å². The Kier molecular flexibility index (Phi) is 4.01. The van der Waals surface area contributed by atoms with E-state index in [0.29, 0.717) is 54.9 Å². The fourth-order valence-corrected chi connectivity index (χ4v) is 6.38. The van der Waals surface area contributed by atoms with Gasteiger partial charge in [0.05, 0.1) is 13.7 Å². The zero-order valence-corrected chi connectivity index (χ0v) is 23.8. The van der Waals surface area contributed by atoms with E-state index in [9.17, 15) is 4.11 Å². The molecule has 8 aromatic carbocycles. The van der Waals surface area contributed by atoms with Crippen molar-refractivity contribution in [1.82, 2.24) is 0 Å². The number of furan rings is 1. The van der Waals surface area contributed by atoms with E-state index in [4.69, 9.17) is 14.0 Å². The lowest BCUT2D eigenvalue weighted by Gasteiger charge is -2.20. The third-order valence-corrected chi connectivity index (χ3v) is 8.32. The number of rotatable bonds is 4. The fourth-order valence-electron chi connectivity index (χ4n) is 6.38. The predicted molar refractivity (Wildman–Crippen MR) is 190 cm³/mol. The van der Waals surface area contributed by atoms with E-state index in [1.54, 1.807) is 24.3 Å². The molecule has 0 fully saturated rings. The summed E-state index contributed by atoms with van der Waals surface area (Å²) in [7, 11) is 0. The van der Waals surface area contributed by atoms with Gasteiger partial charge in [-0.05, 0) is 84.2 Å². The Morgan fingerprint density at radius 1 is 0.378 bits per heavy atom. The summed E-state index contributed by atoms with van der Waals surface area (Å²) < 4.78 is 96.8. The second-order valence-electron chi connectivity index (χ2n) is 10.8. The molecule has 1 nitrogen and oxygen atoms in total.